The van der Waals surface area contributed by atoms with Crippen LogP contribution >= 0.6 is 11.3 Å². The highest BCUT2D eigenvalue weighted by Crippen LogP contribution is 2.25. The van der Waals surface area contributed by atoms with Crippen molar-refractivity contribution in [2.75, 3.05) is 0 Å². The van der Waals surface area contributed by atoms with Gasteiger partial charge in [0.25, 0.3) is 5.91 Å². The predicted octanol–water partition coefficient (Wildman–Crippen LogP) is 4.04. The Labute approximate surface area is 146 Å². The van der Waals surface area contributed by atoms with E-state index < -0.39 is 5.91 Å². The van der Waals surface area contributed by atoms with Gasteiger partial charge in [0.05, 0.1) is 18.2 Å². The van der Waals surface area contributed by atoms with Crippen molar-refractivity contribution in [3.05, 3.63) is 81.0 Å². The molecule has 0 fully saturated rings. The molecule has 124 valence electrons. The number of furan rings is 1. The fourth-order valence-electron chi connectivity index (χ4n) is 2.52. The molecule has 0 radical (unpaired) electrons. The van der Waals surface area contributed by atoms with E-state index in [1.807, 2.05) is 23.6 Å². The van der Waals surface area contributed by atoms with Crippen LogP contribution in [0, 0.1) is 0 Å². The average Bonchev–Trinajstić information content (AvgIpc) is 3.31. The Morgan fingerprint density at radius 1 is 1.12 bits per heavy atom. The second kappa shape index (κ2) is 6.41. The fraction of sp³-hybridized carbons (Fsp3) is 0.0526. The maximum atomic E-state index is 12.3. The lowest BCUT2D eigenvalue weighted by Crippen LogP contribution is -2.23. The van der Waals surface area contributed by atoms with Gasteiger partial charge in [0.15, 0.2) is 11.2 Å². The van der Waals surface area contributed by atoms with Crippen molar-refractivity contribution in [1.29, 1.82) is 0 Å². The highest BCUT2D eigenvalue weighted by atomic mass is 32.1. The molecule has 1 amide bonds. The molecule has 0 atom stereocenters. The van der Waals surface area contributed by atoms with Crippen molar-refractivity contribution >= 4 is 28.2 Å². The molecule has 3 heterocycles. The molecule has 0 spiro atoms. The summed E-state index contributed by atoms with van der Waals surface area (Å²) in [6.07, 6.45) is 1.62. The Kier molecular flexibility index (Phi) is 3.95. The lowest BCUT2D eigenvalue weighted by Gasteiger charge is -2.04. The van der Waals surface area contributed by atoms with E-state index >= 15 is 0 Å². The van der Waals surface area contributed by atoms with Gasteiger partial charge in [-0.05, 0) is 30.3 Å². The van der Waals surface area contributed by atoms with Crippen LogP contribution in [0.1, 0.15) is 15.4 Å². The molecule has 0 aliphatic heterocycles. The minimum absolute atomic E-state index is 0.00603. The summed E-state index contributed by atoms with van der Waals surface area (Å²) in [7, 11) is 0. The normalized spacial score (nSPS) is 10.9. The van der Waals surface area contributed by atoms with Crippen LogP contribution in [0.4, 0.5) is 0 Å². The van der Waals surface area contributed by atoms with Gasteiger partial charge in [-0.2, -0.15) is 0 Å². The Balaban J connectivity index is 1.50. The Hall–Kier alpha value is -3.12. The van der Waals surface area contributed by atoms with Gasteiger partial charge in [-0.1, -0.05) is 12.1 Å². The first kappa shape index (κ1) is 15.4. The zero-order valence-electron chi connectivity index (χ0n) is 13.0. The van der Waals surface area contributed by atoms with Crippen molar-refractivity contribution in [2.45, 2.75) is 6.54 Å². The van der Waals surface area contributed by atoms with E-state index in [1.165, 1.54) is 17.4 Å². The first-order valence-corrected chi connectivity index (χ1v) is 8.51. The molecule has 25 heavy (non-hydrogen) atoms. The molecule has 0 unspecified atom stereocenters. The number of nitrogens with one attached hydrogen (secondary N) is 1. The zero-order valence-corrected chi connectivity index (χ0v) is 13.8. The fourth-order valence-corrected chi connectivity index (χ4v) is 3.33. The minimum atomic E-state index is -0.421. The van der Waals surface area contributed by atoms with Crippen LogP contribution < -0.4 is 10.7 Å². The Morgan fingerprint density at radius 2 is 2.00 bits per heavy atom. The van der Waals surface area contributed by atoms with Crippen LogP contribution in [0.3, 0.4) is 0 Å². The van der Waals surface area contributed by atoms with E-state index in [9.17, 15) is 9.59 Å². The van der Waals surface area contributed by atoms with Gasteiger partial charge in [-0.15, -0.1) is 11.3 Å². The molecule has 5 nitrogen and oxygen atoms in total. The molecule has 4 aromatic rings. The second-order valence-electron chi connectivity index (χ2n) is 5.43. The maximum absolute atomic E-state index is 12.3. The summed E-state index contributed by atoms with van der Waals surface area (Å²) in [6.45, 7) is 0.348. The summed E-state index contributed by atoms with van der Waals surface area (Å²) in [5.74, 6) is 0.372. The van der Waals surface area contributed by atoms with Crippen LogP contribution in [0.15, 0.2) is 73.8 Å². The first-order chi connectivity index (χ1) is 12.2. The number of fused-ring (bicyclic) bond motifs is 1. The number of carbonyl (C=O) groups is 1. The quantitative estimate of drug-likeness (QED) is 0.602. The summed E-state index contributed by atoms with van der Waals surface area (Å²) in [5.41, 5.74) is 1.14. The highest BCUT2D eigenvalue weighted by molar-refractivity contribution is 7.10. The number of amides is 1. The molecule has 1 aromatic carbocycles. The van der Waals surface area contributed by atoms with E-state index in [0.717, 1.165) is 16.2 Å². The maximum Gasteiger partial charge on any atom is 0.287 e. The number of para-hydroxylation sites is 1. The van der Waals surface area contributed by atoms with Crippen molar-refractivity contribution in [3.8, 4) is 11.3 Å². The van der Waals surface area contributed by atoms with Gasteiger partial charge >= 0.3 is 0 Å². The van der Waals surface area contributed by atoms with E-state index in [-0.39, 0.29) is 11.2 Å². The standard InChI is InChI=1S/C19H13NO4S/c21-15-9-18(24-17-5-2-1-4-14(15)17)19(22)20-10-13-8-12(11-25-13)16-6-3-7-23-16/h1-9,11H,10H2,(H,20,22). The molecule has 1 N–H and O–H groups in total. The number of rotatable bonds is 4. The zero-order chi connectivity index (χ0) is 17.2. The second-order valence-corrected chi connectivity index (χ2v) is 6.43. The SMILES string of the molecule is O=C(NCc1cc(-c2ccco2)cs1)c1cc(=O)c2ccccc2o1. The molecular formula is C19H13NO4S. The van der Waals surface area contributed by atoms with E-state index in [0.29, 0.717) is 17.5 Å². The van der Waals surface area contributed by atoms with Crippen LogP contribution in [-0.4, -0.2) is 5.91 Å². The number of benzene rings is 1. The van der Waals surface area contributed by atoms with E-state index in [2.05, 4.69) is 5.32 Å². The van der Waals surface area contributed by atoms with Crippen LogP contribution in [0.25, 0.3) is 22.3 Å². The molecule has 0 aliphatic rings. The third-order valence-electron chi connectivity index (χ3n) is 3.74. The molecule has 6 heteroatoms. The molecule has 0 saturated carbocycles. The number of carbonyl (C=O) groups excluding carboxylic acids is 1. The molecule has 0 saturated heterocycles. The van der Waals surface area contributed by atoms with Gasteiger partial charge < -0.3 is 14.2 Å². The largest absolute Gasteiger partial charge is 0.464 e. The highest BCUT2D eigenvalue weighted by Gasteiger charge is 2.13. The van der Waals surface area contributed by atoms with Crippen LogP contribution in [0.5, 0.6) is 0 Å². The van der Waals surface area contributed by atoms with Crippen molar-refractivity contribution in [2.24, 2.45) is 0 Å². The Bertz CT molecular complexity index is 1090. The minimum Gasteiger partial charge on any atom is -0.464 e. The first-order valence-electron chi connectivity index (χ1n) is 7.63. The summed E-state index contributed by atoms with van der Waals surface area (Å²) in [5, 5.41) is 5.20. The van der Waals surface area contributed by atoms with Gasteiger partial charge in [-0.3, -0.25) is 9.59 Å². The molecule has 0 aliphatic carbocycles. The monoisotopic (exact) mass is 351 g/mol. The summed E-state index contributed by atoms with van der Waals surface area (Å²) in [4.78, 5) is 25.3. The smallest absolute Gasteiger partial charge is 0.287 e. The van der Waals surface area contributed by atoms with Crippen molar-refractivity contribution in [3.63, 3.8) is 0 Å². The third kappa shape index (κ3) is 3.12. The number of thiophene rings is 1. The molecule has 4 rings (SSSR count). The van der Waals surface area contributed by atoms with Gasteiger partial charge in [0.1, 0.15) is 11.3 Å². The van der Waals surface area contributed by atoms with Crippen LogP contribution in [-0.2, 0) is 6.54 Å². The summed E-state index contributed by atoms with van der Waals surface area (Å²) in [6, 6.07) is 13.7. The number of hydrogen-bond acceptors (Lipinski definition) is 5. The lowest BCUT2D eigenvalue weighted by molar-refractivity contribution is 0.0924. The van der Waals surface area contributed by atoms with E-state index in [1.54, 1.807) is 30.5 Å². The van der Waals surface area contributed by atoms with Crippen molar-refractivity contribution in [1.82, 2.24) is 5.32 Å². The third-order valence-corrected chi connectivity index (χ3v) is 4.68. The van der Waals surface area contributed by atoms with Gasteiger partial charge in [-0.25, -0.2) is 0 Å². The van der Waals surface area contributed by atoms with Crippen molar-refractivity contribution < 1.29 is 13.6 Å². The topological polar surface area (TPSA) is 72.5 Å². The predicted molar refractivity (Wildman–Crippen MR) is 95.7 cm³/mol. The summed E-state index contributed by atoms with van der Waals surface area (Å²) < 4.78 is 10.9. The summed E-state index contributed by atoms with van der Waals surface area (Å²) >= 11 is 1.52. The Morgan fingerprint density at radius 3 is 2.84 bits per heavy atom. The lowest BCUT2D eigenvalue weighted by atomic mass is 10.2. The van der Waals surface area contributed by atoms with Crippen LogP contribution in [0.2, 0.25) is 0 Å². The van der Waals surface area contributed by atoms with Gasteiger partial charge in [0, 0.05) is 21.9 Å². The molecule has 3 aromatic heterocycles. The number of hydrogen-bond donors (Lipinski definition) is 1. The molecule has 0 bridgehead atoms. The van der Waals surface area contributed by atoms with Gasteiger partial charge in [0.2, 0.25) is 0 Å². The van der Waals surface area contributed by atoms with E-state index in [4.69, 9.17) is 8.83 Å². The molecular weight excluding hydrogens is 338 g/mol. The average molecular weight is 351 g/mol.